The summed E-state index contributed by atoms with van der Waals surface area (Å²) >= 11 is 2.97. The Kier molecular flexibility index (Phi) is 3.99. The third-order valence-electron chi connectivity index (χ3n) is 3.59. The minimum Gasteiger partial charge on any atom is -0.467 e. The van der Waals surface area contributed by atoms with Gasteiger partial charge < -0.3 is 9.73 Å². The van der Waals surface area contributed by atoms with E-state index in [1.165, 1.54) is 11.8 Å². The number of rotatable bonds is 5. The van der Waals surface area contributed by atoms with Crippen LogP contribution in [0.5, 0.6) is 0 Å². The predicted molar refractivity (Wildman–Crippen MR) is 94.4 cm³/mol. The molecule has 0 saturated carbocycles. The predicted octanol–water partition coefficient (Wildman–Crippen LogP) is 3.51. The van der Waals surface area contributed by atoms with Crippen LogP contribution in [0.1, 0.15) is 18.7 Å². The Bertz CT molecular complexity index is 990. The second-order valence-electron chi connectivity index (χ2n) is 5.26. The minimum absolute atomic E-state index is 0.0693. The normalized spacial score (nSPS) is 12.7. The van der Waals surface area contributed by atoms with E-state index in [1.807, 2.05) is 35.6 Å². The molecule has 0 aliphatic heterocycles. The van der Waals surface area contributed by atoms with E-state index in [-0.39, 0.29) is 17.7 Å². The quantitative estimate of drug-likeness (QED) is 0.553. The number of thiazole rings is 1. The Morgan fingerprint density at radius 3 is 3.04 bits per heavy atom. The number of furan rings is 1. The summed E-state index contributed by atoms with van der Waals surface area (Å²) in [5, 5.41) is 12.0. The molecule has 1 aromatic carbocycles. The molecule has 122 valence electrons. The Labute approximate surface area is 145 Å². The molecule has 1 atom stereocenters. The van der Waals surface area contributed by atoms with Crippen LogP contribution in [-0.2, 0) is 4.79 Å². The Hall–Kier alpha value is -2.32. The molecule has 0 fully saturated rings. The molecule has 8 heteroatoms. The second kappa shape index (κ2) is 6.29. The number of hydrogen-bond donors (Lipinski definition) is 1. The molecule has 24 heavy (non-hydrogen) atoms. The van der Waals surface area contributed by atoms with Gasteiger partial charge in [0.15, 0.2) is 5.16 Å². The highest BCUT2D eigenvalue weighted by atomic mass is 32.2. The van der Waals surface area contributed by atoms with E-state index in [0.717, 1.165) is 26.1 Å². The molecule has 1 N–H and O–H groups in total. The lowest BCUT2D eigenvalue weighted by atomic mass is 10.2. The summed E-state index contributed by atoms with van der Waals surface area (Å²) in [5.41, 5.74) is 1.06. The van der Waals surface area contributed by atoms with E-state index in [0.29, 0.717) is 0 Å². The number of benzene rings is 1. The van der Waals surface area contributed by atoms with Gasteiger partial charge in [-0.1, -0.05) is 35.2 Å². The molecule has 6 nitrogen and oxygen atoms in total. The summed E-state index contributed by atoms with van der Waals surface area (Å²) in [5.74, 6) is 0.943. The van der Waals surface area contributed by atoms with Crippen LogP contribution in [0.2, 0.25) is 0 Å². The van der Waals surface area contributed by atoms with Gasteiger partial charge in [-0.15, -0.1) is 10.2 Å². The number of thioether (sulfide) groups is 1. The van der Waals surface area contributed by atoms with Crippen LogP contribution in [-0.4, -0.2) is 26.3 Å². The van der Waals surface area contributed by atoms with Crippen molar-refractivity contribution >= 4 is 44.2 Å². The molecule has 1 amide bonds. The van der Waals surface area contributed by atoms with Gasteiger partial charge in [0.1, 0.15) is 5.76 Å². The summed E-state index contributed by atoms with van der Waals surface area (Å²) in [7, 11) is 0. The SMILES string of the molecule is CC(NC(=O)CSc1nnc2sc3ccccc3n12)c1ccco1. The molecule has 0 aliphatic rings. The standard InChI is InChI=1S/C16H14N4O2S2/c1-10(12-6-4-8-22-12)17-14(21)9-23-15-18-19-16-20(15)11-5-2-3-7-13(11)24-16/h2-8,10H,9H2,1H3,(H,17,21). The topological polar surface area (TPSA) is 72.4 Å². The first-order chi connectivity index (χ1) is 11.7. The molecule has 0 radical (unpaired) electrons. The first-order valence-electron chi connectivity index (χ1n) is 7.40. The van der Waals surface area contributed by atoms with Crippen LogP contribution >= 0.6 is 23.1 Å². The summed E-state index contributed by atoms with van der Waals surface area (Å²) < 4.78 is 8.44. The largest absolute Gasteiger partial charge is 0.467 e. The number of aromatic nitrogens is 3. The number of nitrogens with one attached hydrogen (secondary N) is 1. The van der Waals surface area contributed by atoms with E-state index < -0.39 is 0 Å². The van der Waals surface area contributed by atoms with Gasteiger partial charge in [-0.25, -0.2) is 0 Å². The molecule has 0 aliphatic carbocycles. The number of carbonyl (C=O) groups excluding carboxylic acids is 1. The fraction of sp³-hybridized carbons (Fsp3) is 0.188. The number of carbonyl (C=O) groups is 1. The summed E-state index contributed by atoms with van der Waals surface area (Å²) in [4.78, 5) is 13.0. The number of para-hydroxylation sites is 1. The van der Waals surface area contributed by atoms with Crippen molar-refractivity contribution in [3.8, 4) is 0 Å². The first-order valence-corrected chi connectivity index (χ1v) is 9.21. The highest BCUT2D eigenvalue weighted by Crippen LogP contribution is 2.29. The summed E-state index contributed by atoms with van der Waals surface area (Å²) in [6.07, 6.45) is 1.60. The van der Waals surface area contributed by atoms with E-state index in [2.05, 4.69) is 21.6 Å². The zero-order chi connectivity index (χ0) is 16.5. The third-order valence-corrected chi connectivity index (χ3v) is 5.53. The van der Waals surface area contributed by atoms with Crippen molar-refractivity contribution in [2.75, 3.05) is 5.75 Å². The van der Waals surface area contributed by atoms with Gasteiger partial charge in [-0.2, -0.15) is 0 Å². The average Bonchev–Trinajstić information content (AvgIpc) is 3.29. The van der Waals surface area contributed by atoms with Crippen molar-refractivity contribution in [3.05, 3.63) is 48.4 Å². The van der Waals surface area contributed by atoms with Crippen molar-refractivity contribution in [3.63, 3.8) is 0 Å². The highest BCUT2D eigenvalue weighted by molar-refractivity contribution is 7.99. The van der Waals surface area contributed by atoms with Crippen LogP contribution in [0.3, 0.4) is 0 Å². The molecule has 4 aromatic rings. The van der Waals surface area contributed by atoms with Crippen LogP contribution in [0.25, 0.3) is 15.2 Å². The third kappa shape index (κ3) is 2.78. The molecule has 3 heterocycles. The number of fused-ring (bicyclic) bond motifs is 3. The van der Waals surface area contributed by atoms with Gasteiger partial charge >= 0.3 is 0 Å². The van der Waals surface area contributed by atoms with E-state index in [9.17, 15) is 4.79 Å². The second-order valence-corrected chi connectivity index (χ2v) is 7.22. The molecule has 1 unspecified atom stereocenters. The maximum absolute atomic E-state index is 12.2. The van der Waals surface area contributed by atoms with Crippen LogP contribution < -0.4 is 5.32 Å². The Morgan fingerprint density at radius 2 is 2.21 bits per heavy atom. The van der Waals surface area contributed by atoms with Gasteiger partial charge in [0.2, 0.25) is 10.9 Å². The monoisotopic (exact) mass is 358 g/mol. The van der Waals surface area contributed by atoms with Crippen LogP contribution in [0.15, 0.2) is 52.2 Å². The molecule has 0 saturated heterocycles. The van der Waals surface area contributed by atoms with Gasteiger partial charge in [0.25, 0.3) is 0 Å². The maximum Gasteiger partial charge on any atom is 0.231 e. The first kappa shape index (κ1) is 15.2. The number of hydrogen-bond acceptors (Lipinski definition) is 6. The van der Waals surface area contributed by atoms with Crippen molar-refractivity contribution in [2.24, 2.45) is 0 Å². The molecular weight excluding hydrogens is 344 g/mol. The average molecular weight is 358 g/mol. The fourth-order valence-electron chi connectivity index (χ4n) is 2.47. The van der Waals surface area contributed by atoms with E-state index in [4.69, 9.17) is 4.42 Å². The zero-order valence-corrected chi connectivity index (χ0v) is 14.4. The Morgan fingerprint density at radius 1 is 1.33 bits per heavy atom. The zero-order valence-electron chi connectivity index (χ0n) is 12.8. The van der Waals surface area contributed by atoms with Crippen molar-refractivity contribution in [2.45, 2.75) is 18.1 Å². The van der Waals surface area contributed by atoms with Crippen molar-refractivity contribution in [1.82, 2.24) is 19.9 Å². The van der Waals surface area contributed by atoms with Crippen molar-refractivity contribution < 1.29 is 9.21 Å². The van der Waals surface area contributed by atoms with Gasteiger partial charge in [0.05, 0.1) is 28.3 Å². The molecule has 3 aromatic heterocycles. The fourth-order valence-corrected chi connectivity index (χ4v) is 4.25. The maximum atomic E-state index is 12.2. The minimum atomic E-state index is -0.159. The van der Waals surface area contributed by atoms with Gasteiger partial charge in [-0.05, 0) is 31.2 Å². The lowest BCUT2D eigenvalue weighted by Crippen LogP contribution is -2.28. The van der Waals surface area contributed by atoms with Crippen LogP contribution in [0.4, 0.5) is 0 Å². The smallest absolute Gasteiger partial charge is 0.231 e. The lowest BCUT2D eigenvalue weighted by molar-refractivity contribution is -0.119. The van der Waals surface area contributed by atoms with Gasteiger partial charge in [0, 0.05) is 0 Å². The highest BCUT2D eigenvalue weighted by Gasteiger charge is 2.16. The molecule has 0 bridgehead atoms. The number of nitrogens with zero attached hydrogens (tertiary/aromatic N) is 3. The molecule has 0 spiro atoms. The number of amides is 1. The molecular formula is C16H14N4O2S2. The van der Waals surface area contributed by atoms with Gasteiger partial charge in [-0.3, -0.25) is 9.20 Å². The lowest BCUT2D eigenvalue weighted by Gasteiger charge is -2.10. The van der Waals surface area contributed by atoms with Crippen molar-refractivity contribution in [1.29, 1.82) is 0 Å². The Balaban J connectivity index is 1.47. The summed E-state index contributed by atoms with van der Waals surface area (Å²) in [6, 6.07) is 11.6. The summed E-state index contributed by atoms with van der Waals surface area (Å²) in [6.45, 7) is 1.89. The van der Waals surface area contributed by atoms with E-state index in [1.54, 1.807) is 23.7 Å². The van der Waals surface area contributed by atoms with E-state index >= 15 is 0 Å². The van der Waals surface area contributed by atoms with Crippen LogP contribution in [0, 0.1) is 0 Å². The molecule has 4 rings (SSSR count).